The van der Waals surface area contributed by atoms with Gasteiger partial charge in [-0.1, -0.05) is 49.6 Å². The monoisotopic (exact) mass is 742 g/mol. The fourth-order valence-electron chi connectivity index (χ4n) is 5.16. The molecule has 6 rings (SSSR count). The van der Waals surface area contributed by atoms with E-state index in [-0.39, 0.29) is 35.9 Å². The summed E-state index contributed by atoms with van der Waals surface area (Å²) in [6.07, 6.45) is 0.695. The highest BCUT2D eigenvalue weighted by Gasteiger charge is 2.41. The zero-order chi connectivity index (χ0) is 39.3. The Morgan fingerprint density at radius 1 is 0.582 bits per heavy atom. The highest BCUT2D eigenvalue weighted by molar-refractivity contribution is 6.01. The molecule has 55 heavy (non-hydrogen) atoms. The number of nitrogens with zero attached hydrogens (tertiary/aromatic N) is 6. The molecular formula is C41H38N6O8. The van der Waals surface area contributed by atoms with Gasteiger partial charge in [0.05, 0.1) is 13.2 Å². The lowest BCUT2D eigenvalue weighted by Gasteiger charge is -2.22. The van der Waals surface area contributed by atoms with Gasteiger partial charge in [-0.05, 0) is 87.4 Å². The van der Waals surface area contributed by atoms with Crippen molar-refractivity contribution in [3.63, 3.8) is 0 Å². The predicted molar refractivity (Wildman–Crippen MR) is 202 cm³/mol. The van der Waals surface area contributed by atoms with E-state index in [0.717, 1.165) is 11.1 Å². The summed E-state index contributed by atoms with van der Waals surface area (Å²) in [4.78, 5) is 54.2. The zero-order valence-corrected chi connectivity index (χ0v) is 30.8. The maximum atomic E-state index is 13.8. The average Bonchev–Trinajstić information content (AvgIpc) is 3.80. The van der Waals surface area contributed by atoms with Crippen LogP contribution >= 0.6 is 0 Å². The van der Waals surface area contributed by atoms with Crippen LogP contribution in [0.5, 0.6) is 11.5 Å². The normalized spacial score (nSPS) is 11.3. The minimum absolute atomic E-state index is 0.0821. The summed E-state index contributed by atoms with van der Waals surface area (Å²) < 4.78 is 22.3. The molecule has 4 aromatic carbocycles. The van der Waals surface area contributed by atoms with Gasteiger partial charge in [0.1, 0.15) is 33.4 Å². The maximum absolute atomic E-state index is 13.8. The number of esters is 4. The first-order chi connectivity index (χ1) is 26.3. The fourth-order valence-corrected chi connectivity index (χ4v) is 5.16. The largest absolute Gasteiger partial charge is 0.462 e. The molecule has 0 spiro atoms. The Kier molecular flexibility index (Phi) is 11.0. The molecule has 0 radical (unpaired) electrons. The third kappa shape index (κ3) is 8.65. The lowest BCUT2D eigenvalue weighted by atomic mass is 9.94. The fraction of sp³-hybridized carbons (Fsp3) is 0.220. The second-order valence-electron chi connectivity index (χ2n) is 13.3. The van der Waals surface area contributed by atoms with Crippen molar-refractivity contribution in [2.75, 3.05) is 13.2 Å². The van der Waals surface area contributed by atoms with E-state index in [9.17, 15) is 19.2 Å². The lowest BCUT2D eigenvalue weighted by molar-refractivity contribution is -0.158. The van der Waals surface area contributed by atoms with Crippen LogP contribution in [0.1, 0.15) is 38.8 Å². The van der Waals surface area contributed by atoms with E-state index < -0.39 is 29.3 Å². The van der Waals surface area contributed by atoms with Crippen LogP contribution in [0.3, 0.4) is 0 Å². The minimum Gasteiger partial charge on any atom is -0.462 e. The van der Waals surface area contributed by atoms with Crippen molar-refractivity contribution < 1.29 is 38.1 Å². The molecule has 0 unspecified atom stereocenters. The molecule has 14 heteroatoms. The summed E-state index contributed by atoms with van der Waals surface area (Å²) in [5.74, 6) is -2.65. The molecule has 2 aromatic heterocycles. The van der Waals surface area contributed by atoms with Crippen molar-refractivity contribution in [3.8, 4) is 22.9 Å². The van der Waals surface area contributed by atoms with E-state index in [2.05, 4.69) is 33.6 Å². The third-order valence-electron chi connectivity index (χ3n) is 8.42. The highest BCUT2D eigenvalue weighted by Crippen LogP contribution is 2.31. The summed E-state index contributed by atoms with van der Waals surface area (Å²) in [5, 5.41) is 18.2. The number of hydrogen-bond acceptors (Lipinski definition) is 12. The first kappa shape index (κ1) is 37.8. The summed E-state index contributed by atoms with van der Waals surface area (Å²) in [6, 6.07) is 24.5. The van der Waals surface area contributed by atoms with Crippen molar-refractivity contribution in [3.05, 3.63) is 120 Å². The number of fused-ring (bicyclic) bond motifs is 2. The Bertz CT molecular complexity index is 2240. The van der Waals surface area contributed by atoms with E-state index in [0.29, 0.717) is 46.3 Å². The number of benzene rings is 4. The Morgan fingerprint density at radius 2 is 0.927 bits per heavy atom. The molecule has 0 N–H and O–H groups in total. The van der Waals surface area contributed by atoms with Gasteiger partial charge >= 0.3 is 23.9 Å². The van der Waals surface area contributed by atoms with Gasteiger partial charge in [-0.15, -0.1) is 30.0 Å². The first-order valence-corrected chi connectivity index (χ1v) is 17.3. The van der Waals surface area contributed by atoms with E-state index in [4.69, 9.17) is 18.9 Å². The smallest absolute Gasteiger partial charge is 0.333 e. The standard InChI is InChI=1S/C41H38N6O8/c1-25(2)37(48)52-21-19-27-15-17-35(33(23-27)46-42-29-11-7-8-12-30(29)43-46)54-39(50)41(5,6)40(51)55-36-18-16-28(20-22-53-38(49)26(3)4)24-34(36)47-44-31-13-9-10-14-32(31)45-47/h7-18,23-24H,1,3,19-22H2,2,4-6H3. The van der Waals surface area contributed by atoms with Gasteiger partial charge in [-0.3, -0.25) is 9.59 Å². The van der Waals surface area contributed by atoms with Gasteiger partial charge in [0.15, 0.2) is 16.9 Å². The molecule has 0 aliphatic rings. The van der Waals surface area contributed by atoms with Crippen LogP contribution in [0.4, 0.5) is 0 Å². The molecule has 2 heterocycles. The van der Waals surface area contributed by atoms with E-state index in [1.54, 1.807) is 74.5 Å². The van der Waals surface area contributed by atoms with Crippen LogP contribution in [0.2, 0.25) is 0 Å². The Hall–Kier alpha value is -6.96. The molecule has 6 aromatic rings. The van der Waals surface area contributed by atoms with Crippen molar-refractivity contribution >= 4 is 45.9 Å². The highest BCUT2D eigenvalue weighted by atomic mass is 16.6. The van der Waals surface area contributed by atoms with Gasteiger partial charge in [-0.2, -0.15) is 0 Å². The molecular weight excluding hydrogens is 704 g/mol. The van der Waals surface area contributed by atoms with Crippen molar-refractivity contribution in [2.24, 2.45) is 5.41 Å². The molecule has 0 fully saturated rings. The van der Waals surface area contributed by atoms with Gasteiger partial charge in [0, 0.05) is 24.0 Å². The van der Waals surface area contributed by atoms with Crippen molar-refractivity contribution in [1.82, 2.24) is 30.0 Å². The number of ether oxygens (including phenoxy) is 4. The van der Waals surface area contributed by atoms with Gasteiger partial charge in [0.25, 0.3) is 0 Å². The second kappa shape index (κ2) is 16.0. The number of rotatable bonds is 14. The summed E-state index contributed by atoms with van der Waals surface area (Å²) in [7, 11) is 0. The van der Waals surface area contributed by atoms with E-state index in [1.165, 1.54) is 23.4 Å². The van der Waals surface area contributed by atoms with Crippen molar-refractivity contribution in [1.29, 1.82) is 0 Å². The summed E-state index contributed by atoms with van der Waals surface area (Å²) in [6.45, 7) is 13.3. The van der Waals surface area contributed by atoms with Crippen LogP contribution in [-0.2, 0) is 41.5 Å². The molecule has 0 aliphatic heterocycles. The number of aromatic nitrogens is 6. The van der Waals surface area contributed by atoms with E-state index >= 15 is 0 Å². The van der Waals surface area contributed by atoms with Crippen LogP contribution < -0.4 is 9.47 Å². The topological polar surface area (TPSA) is 167 Å². The molecule has 0 bridgehead atoms. The predicted octanol–water partition coefficient (Wildman–Crippen LogP) is 6.02. The molecule has 0 saturated carbocycles. The molecule has 14 nitrogen and oxygen atoms in total. The van der Waals surface area contributed by atoms with Crippen LogP contribution in [-0.4, -0.2) is 67.1 Å². The molecule has 0 aliphatic carbocycles. The Morgan fingerprint density at radius 3 is 1.25 bits per heavy atom. The maximum Gasteiger partial charge on any atom is 0.333 e. The van der Waals surface area contributed by atoms with Gasteiger partial charge < -0.3 is 18.9 Å². The van der Waals surface area contributed by atoms with Crippen LogP contribution in [0.25, 0.3) is 33.4 Å². The Balaban J connectivity index is 1.25. The molecule has 0 saturated heterocycles. The summed E-state index contributed by atoms with van der Waals surface area (Å²) in [5.41, 5.74) is 3.33. The molecule has 0 amide bonds. The zero-order valence-electron chi connectivity index (χ0n) is 30.8. The lowest BCUT2D eigenvalue weighted by Crippen LogP contribution is -2.40. The second-order valence-corrected chi connectivity index (χ2v) is 13.3. The quantitative estimate of drug-likeness (QED) is 0.0553. The minimum atomic E-state index is -1.82. The van der Waals surface area contributed by atoms with Crippen LogP contribution in [0.15, 0.2) is 109 Å². The average molecular weight is 743 g/mol. The van der Waals surface area contributed by atoms with Gasteiger partial charge in [-0.25, -0.2) is 9.59 Å². The number of hydrogen-bond donors (Lipinski definition) is 0. The van der Waals surface area contributed by atoms with Crippen LogP contribution in [0, 0.1) is 5.41 Å². The molecule has 280 valence electrons. The number of carbonyl (C=O) groups is 4. The first-order valence-electron chi connectivity index (χ1n) is 17.3. The Labute approximate surface area is 315 Å². The SMILES string of the molecule is C=C(C)C(=O)OCCc1ccc(OC(=O)C(C)(C)C(=O)Oc2ccc(CCOC(=O)C(=C)C)cc2-n2nc3ccccc3n2)c(-n2nc3ccccc3n2)c1. The van der Waals surface area contributed by atoms with Crippen molar-refractivity contribution in [2.45, 2.75) is 40.5 Å². The van der Waals surface area contributed by atoms with E-state index in [1.807, 2.05) is 24.3 Å². The third-order valence-corrected chi connectivity index (χ3v) is 8.42. The molecule has 0 atom stereocenters. The summed E-state index contributed by atoms with van der Waals surface area (Å²) >= 11 is 0. The van der Waals surface area contributed by atoms with Gasteiger partial charge in [0.2, 0.25) is 0 Å². The number of carbonyl (C=O) groups excluding carboxylic acids is 4.